The van der Waals surface area contributed by atoms with Crippen LogP contribution in [0.3, 0.4) is 0 Å². The zero-order valence-corrected chi connectivity index (χ0v) is 15.9. The summed E-state index contributed by atoms with van der Waals surface area (Å²) in [5.41, 5.74) is 4.34. The van der Waals surface area contributed by atoms with Gasteiger partial charge in [-0.05, 0) is 61.3 Å². The molecular weight excluding hydrogens is 343 g/mol. The second kappa shape index (κ2) is 7.95. The van der Waals surface area contributed by atoms with Crippen LogP contribution >= 0.6 is 23.8 Å². The number of benzene rings is 2. The maximum absolute atomic E-state index is 13.2. The van der Waals surface area contributed by atoms with Gasteiger partial charge in [-0.25, -0.2) is 4.39 Å². The van der Waals surface area contributed by atoms with Crippen LogP contribution < -0.4 is 10.6 Å². The Morgan fingerprint density at radius 1 is 1.12 bits per heavy atom. The lowest BCUT2D eigenvalue weighted by Crippen LogP contribution is -2.35. The minimum absolute atomic E-state index is 0.0672. The maximum Gasteiger partial charge on any atom is 0.171 e. The lowest BCUT2D eigenvalue weighted by atomic mass is 9.92. The molecule has 2 rings (SSSR count). The Labute approximate surface area is 153 Å². The summed E-state index contributed by atoms with van der Waals surface area (Å²) in [5.74, 6) is -0.0978. The Balaban J connectivity index is 2.15. The molecule has 0 spiro atoms. The van der Waals surface area contributed by atoms with Gasteiger partial charge < -0.3 is 10.6 Å². The highest BCUT2D eigenvalue weighted by Crippen LogP contribution is 2.26. The summed E-state index contributed by atoms with van der Waals surface area (Å²) in [7, 11) is 0. The summed E-state index contributed by atoms with van der Waals surface area (Å²) < 4.78 is 13.2. The lowest BCUT2D eigenvalue weighted by molar-refractivity contribution is 0.471. The molecule has 128 valence electrons. The van der Waals surface area contributed by atoms with E-state index in [1.165, 1.54) is 28.8 Å². The van der Waals surface area contributed by atoms with Crippen molar-refractivity contribution in [1.29, 1.82) is 0 Å². The minimum Gasteiger partial charge on any atom is -0.355 e. The Bertz CT molecular complexity index is 746. The summed E-state index contributed by atoms with van der Waals surface area (Å²) in [4.78, 5) is 0. The van der Waals surface area contributed by atoms with E-state index in [1.807, 2.05) is 0 Å². The van der Waals surface area contributed by atoms with Crippen molar-refractivity contribution < 1.29 is 4.39 Å². The first kappa shape index (κ1) is 18.7. The molecule has 2 aromatic carbocycles. The van der Waals surface area contributed by atoms with Crippen molar-refractivity contribution in [3.05, 3.63) is 63.9 Å². The van der Waals surface area contributed by atoms with Gasteiger partial charge >= 0.3 is 0 Å². The number of thiocarbonyl (C=S) groups is 1. The average molecular weight is 365 g/mol. The summed E-state index contributed by atoms with van der Waals surface area (Å²) in [6.45, 7) is 8.48. The van der Waals surface area contributed by atoms with Crippen molar-refractivity contribution in [3.8, 4) is 0 Å². The molecule has 0 heterocycles. The Morgan fingerprint density at radius 2 is 1.83 bits per heavy atom. The number of rotatable bonds is 4. The highest BCUT2D eigenvalue weighted by atomic mass is 35.5. The molecule has 5 heteroatoms. The quantitative estimate of drug-likeness (QED) is 0.672. The monoisotopic (exact) mass is 364 g/mol. The van der Waals surface area contributed by atoms with Gasteiger partial charge in [0.05, 0.1) is 11.1 Å². The van der Waals surface area contributed by atoms with Crippen LogP contribution in [-0.4, -0.2) is 5.11 Å². The van der Waals surface area contributed by atoms with Crippen LogP contribution in [-0.2, 0) is 0 Å². The second-order valence-corrected chi connectivity index (χ2v) is 7.12. The van der Waals surface area contributed by atoms with Crippen molar-refractivity contribution in [2.24, 2.45) is 5.92 Å². The van der Waals surface area contributed by atoms with Crippen molar-refractivity contribution in [3.63, 3.8) is 0 Å². The molecule has 0 bridgehead atoms. The fraction of sp³-hybridized carbons (Fsp3) is 0.316. The predicted octanol–water partition coefficient (Wildman–Crippen LogP) is 5.78. The van der Waals surface area contributed by atoms with E-state index in [0.717, 1.165) is 0 Å². The minimum atomic E-state index is -0.448. The molecule has 0 fully saturated rings. The van der Waals surface area contributed by atoms with Gasteiger partial charge in [-0.3, -0.25) is 0 Å². The van der Waals surface area contributed by atoms with E-state index < -0.39 is 5.82 Å². The van der Waals surface area contributed by atoms with Crippen molar-refractivity contribution in [2.75, 3.05) is 5.32 Å². The Hall–Kier alpha value is -1.65. The van der Waals surface area contributed by atoms with Gasteiger partial charge in [-0.2, -0.15) is 0 Å². The summed E-state index contributed by atoms with van der Waals surface area (Å²) in [6, 6.07) is 10.9. The molecule has 2 N–H and O–H groups in total. The molecule has 2 nitrogen and oxygen atoms in total. The SMILES string of the molecule is Cc1ccc(C(NC(=S)Nc2ccc(F)c(Cl)c2)C(C)C)c(C)c1. The van der Waals surface area contributed by atoms with E-state index >= 15 is 0 Å². The van der Waals surface area contributed by atoms with Crippen LogP contribution in [0.25, 0.3) is 0 Å². The lowest BCUT2D eigenvalue weighted by Gasteiger charge is -2.26. The fourth-order valence-corrected chi connectivity index (χ4v) is 3.09. The highest BCUT2D eigenvalue weighted by molar-refractivity contribution is 7.80. The molecule has 0 saturated carbocycles. The summed E-state index contributed by atoms with van der Waals surface area (Å²) in [6.07, 6.45) is 0. The first-order valence-corrected chi connectivity index (χ1v) is 8.66. The standard InChI is InChI=1S/C19H22ClFN2S/c1-11(2)18(15-7-5-12(3)9-13(15)4)23-19(24)22-14-6-8-17(21)16(20)10-14/h5-11,18H,1-4H3,(H2,22,23,24). The second-order valence-electron chi connectivity index (χ2n) is 6.31. The molecule has 0 aliphatic carbocycles. The van der Waals surface area contributed by atoms with Gasteiger partial charge in [0.15, 0.2) is 5.11 Å². The number of aryl methyl sites for hydroxylation is 2. The van der Waals surface area contributed by atoms with Crippen LogP contribution in [0.2, 0.25) is 5.02 Å². The molecule has 2 aromatic rings. The molecule has 0 aliphatic rings. The number of nitrogens with one attached hydrogen (secondary N) is 2. The normalized spacial score (nSPS) is 12.1. The van der Waals surface area contributed by atoms with E-state index in [1.54, 1.807) is 6.07 Å². The van der Waals surface area contributed by atoms with Crippen LogP contribution in [0, 0.1) is 25.6 Å². The highest BCUT2D eigenvalue weighted by Gasteiger charge is 2.19. The molecule has 0 radical (unpaired) electrons. The number of hydrogen-bond acceptors (Lipinski definition) is 1. The molecule has 0 saturated heterocycles. The largest absolute Gasteiger partial charge is 0.355 e. The van der Waals surface area contributed by atoms with Crippen LogP contribution in [0.4, 0.5) is 10.1 Å². The number of hydrogen-bond donors (Lipinski definition) is 2. The van der Waals surface area contributed by atoms with Crippen LogP contribution in [0.15, 0.2) is 36.4 Å². The predicted molar refractivity (Wildman–Crippen MR) is 104 cm³/mol. The third-order valence-electron chi connectivity index (χ3n) is 3.89. The summed E-state index contributed by atoms with van der Waals surface area (Å²) in [5, 5.41) is 6.97. The fourth-order valence-electron chi connectivity index (χ4n) is 2.66. The van der Waals surface area contributed by atoms with E-state index in [0.29, 0.717) is 16.7 Å². The number of anilines is 1. The molecule has 24 heavy (non-hydrogen) atoms. The first-order chi connectivity index (χ1) is 11.3. The topological polar surface area (TPSA) is 24.1 Å². The van der Waals surface area contributed by atoms with E-state index in [9.17, 15) is 4.39 Å². The van der Waals surface area contributed by atoms with Gasteiger partial charge in [-0.15, -0.1) is 0 Å². The van der Waals surface area contributed by atoms with E-state index in [-0.39, 0.29) is 11.1 Å². The van der Waals surface area contributed by atoms with E-state index in [2.05, 4.69) is 56.5 Å². The van der Waals surface area contributed by atoms with Gasteiger partial charge in [0.2, 0.25) is 0 Å². The van der Waals surface area contributed by atoms with Crippen molar-refractivity contribution >= 4 is 34.6 Å². The van der Waals surface area contributed by atoms with Gasteiger partial charge in [-0.1, -0.05) is 49.2 Å². The van der Waals surface area contributed by atoms with Gasteiger partial charge in [0.1, 0.15) is 5.82 Å². The van der Waals surface area contributed by atoms with Crippen molar-refractivity contribution in [1.82, 2.24) is 5.32 Å². The molecule has 1 atom stereocenters. The molecule has 1 unspecified atom stereocenters. The third-order valence-corrected chi connectivity index (χ3v) is 4.40. The summed E-state index contributed by atoms with van der Waals surface area (Å²) >= 11 is 11.2. The molecule has 0 aromatic heterocycles. The molecular formula is C19H22ClFN2S. The Morgan fingerprint density at radius 3 is 2.42 bits per heavy atom. The number of halogens is 2. The van der Waals surface area contributed by atoms with Gasteiger partial charge in [0, 0.05) is 5.69 Å². The van der Waals surface area contributed by atoms with Gasteiger partial charge in [0.25, 0.3) is 0 Å². The Kier molecular flexibility index (Phi) is 6.19. The molecule has 0 aliphatic heterocycles. The van der Waals surface area contributed by atoms with Crippen LogP contribution in [0.5, 0.6) is 0 Å². The van der Waals surface area contributed by atoms with Crippen molar-refractivity contribution in [2.45, 2.75) is 33.7 Å². The van der Waals surface area contributed by atoms with Crippen LogP contribution in [0.1, 0.15) is 36.6 Å². The zero-order chi connectivity index (χ0) is 17.9. The zero-order valence-electron chi connectivity index (χ0n) is 14.3. The average Bonchev–Trinajstić information content (AvgIpc) is 2.49. The third kappa shape index (κ3) is 4.68. The molecule has 0 amide bonds. The maximum atomic E-state index is 13.2. The van der Waals surface area contributed by atoms with E-state index in [4.69, 9.17) is 23.8 Å². The smallest absolute Gasteiger partial charge is 0.171 e. The first-order valence-electron chi connectivity index (χ1n) is 7.87.